The summed E-state index contributed by atoms with van der Waals surface area (Å²) in [6.45, 7) is 10.7. The van der Waals surface area contributed by atoms with Gasteiger partial charge in [0.25, 0.3) is 0 Å². The molecule has 0 aromatic carbocycles. The molecule has 0 aromatic rings. The van der Waals surface area contributed by atoms with Gasteiger partial charge in [0.1, 0.15) is 30.0 Å². The molecule has 2 aliphatic carbocycles. The number of carbonyl (C=O) groups is 5. The smallest absolute Gasteiger partial charge is 0.312 e. The Hall–Kier alpha value is -2.99. The number of epoxide rings is 1. The second-order valence-corrected chi connectivity index (χ2v) is 12.7. The third-order valence-electron chi connectivity index (χ3n) is 9.11. The minimum Gasteiger partial charge on any atom is -0.462 e. The van der Waals surface area contributed by atoms with Gasteiger partial charge in [-0.3, -0.25) is 24.0 Å². The van der Waals surface area contributed by atoms with Gasteiger partial charge in [0.05, 0.1) is 12.5 Å². The molecule has 2 saturated heterocycles. The Balaban J connectivity index is 1.96. The van der Waals surface area contributed by atoms with Gasteiger partial charge in [-0.25, -0.2) is 0 Å². The van der Waals surface area contributed by atoms with E-state index in [0.29, 0.717) is 0 Å². The van der Waals surface area contributed by atoms with Crippen molar-refractivity contribution < 1.29 is 57.5 Å². The first-order valence-corrected chi connectivity index (χ1v) is 14.5. The van der Waals surface area contributed by atoms with Crippen molar-refractivity contribution in [1.82, 2.24) is 0 Å². The molecule has 12 heteroatoms. The molecule has 12 nitrogen and oxygen atoms in total. The van der Waals surface area contributed by atoms with Crippen molar-refractivity contribution in [3.8, 4) is 0 Å². The lowest BCUT2D eigenvalue weighted by Crippen LogP contribution is -2.71. The van der Waals surface area contributed by atoms with Crippen molar-refractivity contribution in [3.63, 3.8) is 0 Å². The van der Waals surface area contributed by atoms with Gasteiger partial charge in [0.2, 0.25) is 0 Å². The Bertz CT molecular complexity index is 1140. The number of carbonyl (C=O) groups excluding carboxylic acids is 5. The van der Waals surface area contributed by atoms with Crippen LogP contribution < -0.4 is 0 Å². The molecule has 1 N–H and O–H groups in total. The summed E-state index contributed by atoms with van der Waals surface area (Å²) in [5.41, 5.74) is -4.65. The van der Waals surface area contributed by atoms with Crippen molar-refractivity contribution >= 4 is 29.8 Å². The van der Waals surface area contributed by atoms with Crippen LogP contribution in [0, 0.1) is 23.2 Å². The fourth-order valence-corrected chi connectivity index (χ4v) is 7.26. The molecule has 4 unspecified atom stereocenters. The van der Waals surface area contributed by atoms with Gasteiger partial charge in [-0.2, -0.15) is 0 Å². The second-order valence-electron chi connectivity index (χ2n) is 12.7. The first kappa shape index (κ1) is 31.9. The molecule has 10 atom stereocenters. The Kier molecular flexibility index (Phi) is 8.82. The van der Waals surface area contributed by atoms with E-state index >= 15 is 0 Å². The van der Waals surface area contributed by atoms with Gasteiger partial charge in [-0.1, -0.05) is 32.9 Å². The molecule has 1 saturated carbocycles. The summed E-state index contributed by atoms with van der Waals surface area (Å²) in [7, 11) is 0. The number of aliphatic hydroxyl groups is 1. The highest BCUT2D eigenvalue weighted by molar-refractivity contribution is 5.77. The molecule has 0 amide bonds. The van der Waals surface area contributed by atoms with Crippen molar-refractivity contribution in [2.24, 2.45) is 23.2 Å². The van der Waals surface area contributed by atoms with Crippen LogP contribution in [0.5, 0.6) is 0 Å². The highest BCUT2D eigenvalue weighted by Gasteiger charge is 2.77. The molecular weight excluding hydrogens is 552 g/mol. The Morgan fingerprint density at radius 3 is 2.10 bits per heavy atom. The maximum atomic E-state index is 13.0. The van der Waals surface area contributed by atoms with E-state index in [9.17, 15) is 29.1 Å². The SMILES string of the molecule is CC(=O)OC1[C@@H]2[C@]3(CO3)[C@@H](OC(C)=O)C(OC(=O)CC(C)C)C[C@]2(C)C(OC(C)=O)C/C=C\CC2OC(=O)[C@@H](C)[C@@]21O. The monoisotopic (exact) mass is 594 g/mol. The van der Waals surface area contributed by atoms with E-state index in [4.69, 9.17) is 28.4 Å². The van der Waals surface area contributed by atoms with Crippen LogP contribution in [0.25, 0.3) is 0 Å². The molecule has 0 bridgehead atoms. The topological polar surface area (TPSA) is 164 Å². The van der Waals surface area contributed by atoms with Crippen LogP contribution in [-0.2, 0) is 52.4 Å². The van der Waals surface area contributed by atoms with Crippen LogP contribution in [0.4, 0.5) is 0 Å². The standard InChI is InChI=1S/C30H42O12/c1-15(2)12-23(34)41-20-13-28(7)21(38-17(4)31)10-8-9-11-22-30(36,16(3)27(35)42-22)26(40-19(6)33)24(28)29(14-37-29)25(20)39-18(5)32/h8-9,15-16,20-22,24-26,36H,10-14H2,1-7H3/b9-8-/t16-,20?,21?,22?,24+,25+,26?,28-,29-,30-/m1/s1. The number of rotatable bonds is 6. The van der Waals surface area contributed by atoms with E-state index in [2.05, 4.69) is 0 Å². The molecule has 4 aliphatic rings. The predicted octanol–water partition coefficient (Wildman–Crippen LogP) is 2.18. The molecule has 234 valence electrons. The maximum absolute atomic E-state index is 13.0. The van der Waals surface area contributed by atoms with Crippen LogP contribution in [0.15, 0.2) is 12.2 Å². The number of fused-ring (bicyclic) bond motifs is 3. The van der Waals surface area contributed by atoms with Gasteiger partial charge < -0.3 is 33.5 Å². The number of ether oxygens (including phenoxy) is 6. The van der Waals surface area contributed by atoms with Gasteiger partial charge in [0.15, 0.2) is 11.7 Å². The predicted molar refractivity (Wildman–Crippen MR) is 143 cm³/mol. The summed E-state index contributed by atoms with van der Waals surface area (Å²) < 4.78 is 35.3. The van der Waals surface area contributed by atoms with E-state index in [-0.39, 0.29) is 38.2 Å². The third kappa shape index (κ3) is 5.67. The van der Waals surface area contributed by atoms with Crippen LogP contribution in [0.2, 0.25) is 0 Å². The number of esters is 5. The third-order valence-corrected chi connectivity index (χ3v) is 9.11. The first-order chi connectivity index (χ1) is 19.6. The lowest BCUT2D eigenvalue weighted by molar-refractivity contribution is -0.251. The minimum absolute atomic E-state index is 0.00194. The molecule has 2 heterocycles. The fourth-order valence-electron chi connectivity index (χ4n) is 7.26. The number of hydrogen-bond donors (Lipinski definition) is 1. The highest BCUT2D eigenvalue weighted by atomic mass is 16.7. The zero-order valence-corrected chi connectivity index (χ0v) is 25.2. The Morgan fingerprint density at radius 1 is 0.976 bits per heavy atom. The quantitative estimate of drug-likeness (QED) is 0.207. The average molecular weight is 595 g/mol. The van der Waals surface area contributed by atoms with Crippen molar-refractivity contribution in [2.45, 2.75) is 116 Å². The van der Waals surface area contributed by atoms with Crippen LogP contribution >= 0.6 is 0 Å². The summed E-state index contributed by atoms with van der Waals surface area (Å²) in [4.78, 5) is 63.4. The summed E-state index contributed by atoms with van der Waals surface area (Å²) in [6, 6.07) is 0. The second kappa shape index (κ2) is 11.6. The normalized spacial score (nSPS) is 41.5. The van der Waals surface area contributed by atoms with Gasteiger partial charge in [-0.05, 0) is 19.3 Å². The zero-order chi connectivity index (χ0) is 31.2. The lowest BCUT2D eigenvalue weighted by Gasteiger charge is -2.57. The minimum atomic E-state index is -2.03. The van der Waals surface area contributed by atoms with E-state index in [1.807, 2.05) is 13.8 Å². The zero-order valence-electron chi connectivity index (χ0n) is 25.2. The van der Waals surface area contributed by atoms with E-state index < -0.39 is 88.8 Å². The summed E-state index contributed by atoms with van der Waals surface area (Å²) >= 11 is 0. The average Bonchev–Trinajstić information content (AvgIpc) is 3.60. The van der Waals surface area contributed by atoms with Gasteiger partial charge >= 0.3 is 29.8 Å². The Morgan fingerprint density at radius 2 is 1.55 bits per heavy atom. The van der Waals surface area contributed by atoms with Crippen molar-refractivity contribution in [1.29, 1.82) is 0 Å². The maximum Gasteiger partial charge on any atom is 0.312 e. The molecule has 0 radical (unpaired) electrons. The molecule has 4 rings (SSSR count). The van der Waals surface area contributed by atoms with Crippen molar-refractivity contribution in [3.05, 3.63) is 12.2 Å². The van der Waals surface area contributed by atoms with Crippen LogP contribution in [0.3, 0.4) is 0 Å². The van der Waals surface area contributed by atoms with Crippen LogP contribution in [-0.4, -0.2) is 83.3 Å². The molecule has 3 fully saturated rings. The fraction of sp³-hybridized carbons (Fsp3) is 0.767. The summed E-state index contributed by atoms with van der Waals surface area (Å²) in [6.07, 6.45) is -1.59. The van der Waals surface area contributed by atoms with E-state index in [1.54, 1.807) is 19.1 Å². The first-order valence-electron chi connectivity index (χ1n) is 14.5. The van der Waals surface area contributed by atoms with Gasteiger partial charge in [-0.15, -0.1) is 0 Å². The largest absolute Gasteiger partial charge is 0.462 e. The molecule has 2 aliphatic heterocycles. The van der Waals surface area contributed by atoms with E-state index in [1.165, 1.54) is 27.7 Å². The summed E-state index contributed by atoms with van der Waals surface area (Å²) in [5.74, 6) is -5.24. The molecular formula is C30H42O12. The Labute approximate surface area is 245 Å². The highest BCUT2D eigenvalue weighted by Crippen LogP contribution is 2.62. The van der Waals surface area contributed by atoms with Gasteiger partial charge in [0, 0.05) is 51.4 Å². The molecule has 0 aromatic heterocycles. The summed E-state index contributed by atoms with van der Waals surface area (Å²) in [5, 5.41) is 12.4. The van der Waals surface area contributed by atoms with Crippen LogP contribution in [0.1, 0.15) is 74.1 Å². The molecule has 42 heavy (non-hydrogen) atoms. The number of hydrogen-bond acceptors (Lipinski definition) is 12. The lowest BCUT2D eigenvalue weighted by atomic mass is 9.52. The molecule has 1 spiro atoms. The van der Waals surface area contributed by atoms with E-state index in [0.717, 1.165) is 0 Å². The van der Waals surface area contributed by atoms with Crippen molar-refractivity contribution in [2.75, 3.05) is 6.61 Å².